The van der Waals surface area contributed by atoms with Crippen molar-refractivity contribution in [2.45, 2.75) is 39.2 Å². The third-order valence-electron chi connectivity index (χ3n) is 5.26. The number of guanidine groups is 1. The molecule has 0 saturated carbocycles. The molecule has 2 aromatic rings. The largest absolute Gasteiger partial charge is 0.490 e. The molecule has 2 N–H and O–H groups in total. The van der Waals surface area contributed by atoms with Gasteiger partial charge in [0, 0.05) is 44.0 Å². The number of aliphatic imine (C=N–C) groups is 1. The number of ether oxygens (including phenoxy) is 2. The zero-order valence-corrected chi connectivity index (χ0v) is 20.4. The van der Waals surface area contributed by atoms with Gasteiger partial charge in [-0.15, -0.1) is 24.0 Å². The van der Waals surface area contributed by atoms with E-state index >= 15 is 0 Å². The molecular formula is C23H32IN5O2. The Bertz CT molecular complexity index is 871. The molecule has 8 heteroatoms. The summed E-state index contributed by atoms with van der Waals surface area (Å²) in [7, 11) is 0. The van der Waals surface area contributed by atoms with E-state index in [2.05, 4.69) is 33.5 Å². The van der Waals surface area contributed by atoms with Crippen molar-refractivity contribution >= 4 is 41.4 Å². The van der Waals surface area contributed by atoms with E-state index < -0.39 is 0 Å². The monoisotopic (exact) mass is 537 g/mol. The van der Waals surface area contributed by atoms with Gasteiger partial charge in [-0.3, -0.25) is 0 Å². The zero-order valence-electron chi connectivity index (χ0n) is 18.1. The van der Waals surface area contributed by atoms with Gasteiger partial charge < -0.3 is 25.0 Å². The first kappa shape index (κ1) is 23.4. The predicted octanol–water partition coefficient (Wildman–Crippen LogP) is 4.43. The van der Waals surface area contributed by atoms with Crippen molar-refractivity contribution in [2.24, 2.45) is 4.99 Å². The topological polar surface area (TPSA) is 71.0 Å². The van der Waals surface area contributed by atoms with Crippen LogP contribution < -0.4 is 25.0 Å². The fourth-order valence-corrected chi connectivity index (χ4v) is 3.71. The lowest BCUT2D eigenvalue weighted by Gasteiger charge is -2.27. The number of hydrogen-bond acceptors (Lipinski definition) is 5. The number of nitrogens with one attached hydrogen (secondary N) is 2. The fourth-order valence-electron chi connectivity index (χ4n) is 3.71. The summed E-state index contributed by atoms with van der Waals surface area (Å²) >= 11 is 0. The Morgan fingerprint density at radius 2 is 1.84 bits per heavy atom. The molecule has 1 aromatic carbocycles. The number of pyridine rings is 1. The highest BCUT2D eigenvalue weighted by atomic mass is 127. The van der Waals surface area contributed by atoms with Gasteiger partial charge in [0.05, 0.1) is 19.8 Å². The van der Waals surface area contributed by atoms with Crippen LogP contribution in [0.2, 0.25) is 0 Å². The van der Waals surface area contributed by atoms with Gasteiger partial charge in [-0.25, -0.2) is 9.98 Å². The molecule has 0 unspecified atom stereocenters. The highest BCUT2D eigenvalue weighted by molar-refractivity contribution is 14.0. The molecule has 0 radical (unpaired) electrons. The smallest absolute Gasteiger partial charge is 0.196 e. The summed E-state index contributed by atoms with van der Waals surface area (Å²) in [6.45, 7) is 6.98. The summed E-state index contributed by atoms with van der Waals surface area (Å²) in [5.41, 5.74) is 2.07. The number of piperidine rings is 1. The van der Waals surface area contributed by atoms with Gasteiger partial charge in [0.1, 0.15) is 5.82 Å². The summed E-state index contributed by atoms with van der Waals surface area (Å²) < 4.78 is 11.5. The van der Waals surface area contributed by atoms with Crippen LogP contribution in [0.4, 0.5) is 11.5 Å². The Balaban J connectivity index is 0.00000272. The SMILES string of the molecule is CCNC(=NCc1ccnc(N2CCCCC2)c1)Nc1ccc2c(c1)OCCCO2.I. The number of rotatable bonds is 5. The quantitative estimate of drug-likeness (QED) is 0.334. The van der Waals surface area contributed by atoms with Crippen LogP contribution in [-0.2, 0) is 6.54 Å². The molecule has 0 amide bonds. The number of anilines is 2. The summed E-state index contributed by atoms with van der Waals surface area (Å²) in [6.07, 6.45) is 6.59. The van der Waals surface area contributed by atoms with Gasteiger partial charge in [0.15, 0.2) is 17.5 Å². The van der Waals surface area contributed by atoms with Gasteiger partial charge in [-0.1, -0.05) is 0 Å². The van der Waals surface area contributed by atoms with Crippen molar-refractivity contribution in [1.82, 2.24) is 10.3 Å². The van der Waals surface area contributed by atoms with Gasteiger partial charge in [-0.05, 0) is 56.0 Å². The van der Waals surface area contributed by atoms with E-state index in [1.54, 1.807) is 0 Å². The minimum Gasteiger partial charge on any atom is -0.490 e. The summed E-state index contributed by atoms with van der Waals surface area (Å²) in [4.78, 5) is 11.7. The molecule has 7 nitrogen and oxygen atoms in total. The van der Waals surface area contributed by atoms with Gasteiger partial charge in [-0.2, -0.15) is 0 Å². The van der Waals surface area contributed by atoms with Gasteiger partial charge >= 0.3 is 0 Å². The maximum atomic E-state index is 5.79. The molecule has 31 heavy (non-hydrogen) atoms. The van der Waals surface area contributed by atoms with Crippen LogP contribution in [-0.4, -0.2) is 43.8 Å². The van der Waals surface area contributed by atoms with E-state index in [1.165, 1.54) is 19.3 Å². The third kappa shape index (κ3) is 6.62. The van der Waals surface area contributed by atoms with Crippen LogP contribution in [0.3, 0.4) is 0 Å². The minimum atomic E-state index is 0. The first-order chi connectivity index (χ1) is 14.8. The third-order valence-corrected chi connectivity index (χ3v) is 5.26. The average Bonchev–Trinajstić information content (AvgIpc) is 3.03. The Kier molecular flexibility index (Phi) is 9.05. The van der Waals surface area contributed by atoms with E-state index in [0.717, 1.165) is 60.6 Å². The predicted molar refractivity (Wildman–Crippen MR) is 136 cm³/mol. The molecule has 4 rings (SSSR count). The molecule has 2 aliphatic heterocycles. The molecular weight excluding hydrogens is 505 g/mol. The summed E-state index contributed by atoms with van der Waals surface area (Å²) in [5, 5.41) is 6.69. The maximum Gasteiger partial charge on any atom is 0.196 e. The second-order valence-electron chi connectivity index (χ2n) is 7.60. The molecule has 1 aromatic heterocycles. The molecule has 0 aliphatic carbocycles. The molecule has 0 spiro atoms. The molecule has 0 atom stereocenters. The second-order valence-corrected chi connectivity index (χ2v) is 7.60. The second kappa shape index (κ2) is 12.0. The van der Waals surface area contributed by atoms with Crippen LogP contribution >= 0.6 is 24.0 Å². The normalized spacial score (nSPS) is 16.2. The minimum absolute atomic E-state index is 0. The van der Waals surface area contributed by atoms with Crippen LogP contribution in [0.1, 0.15) is 38.2 Å². The standard InChI is InChI=1S/C23H31N5O2.HI/c1-2-24-23(27-19-7-8-20-21(16-19)30-14-6-13-29-20)26-17-18-9-10-25-22(15-18)28-11-4-3-5-12-28;/h7-10,15-16H,2-6,11-14,17H2,1H3,(H2,24,26,27);1H. The first-order valence-electron chi connectivity index (χ1n) is 11.0. The molecule has 2 aliphatic rings. The highest BCUT2D eigenvalue weighted by Crippen LogP contribution is 2.32. The number of fused-ring (bicyclic) bond motifs is 1. The Morgan fingerprint density at radius 1 is 1.03 bits per heavy atom. The summed E-state index contributed by atoms with van der Waals surface area (Å²) in [5.74, 6) is 3.36. The number of hydrogen-bond donors (Lipinski definition) is 2. The van der Waals surface area contributed by atoms with Gasteiger partial charge in [0.2, 0.25) is 0 Å². The molecule has 168 valence electrons. The van der Waals surface area contributed by atoms with Crippen LogP contribution in [0.15, 0.2) is 41.5 Å². The van der Waals surface area contributed by atoms with Gasteiger partial charge in [0.25, 0.3) is 0 Å². The van der Waals surface area contributed by atoms with Crippen molar-refractivity contribution in [3.05, 3.63) is 42.1 Å². The Hall–Kier alpha value is -2.23. The highest BCUT2D eigenvalue weighted by Gasteiger charge is 2.13. The van der Waals surface area contributed by atoms with E-state index in [4.69, 9.17) is 14.5 Å². The van der Waals surface area contributed by atoms with Crippen molar-refractivity contribution in [3.63, 3.8) is 0 Å². The Labute approximate surface area is 201 Å². The lowest BCUT2D eigenvalue weighted by molar-refractivity contribution is 0.297. The molecule has 1 fully saturated rings. The van der Waals surface area contributed by atoms with E-state index in [9.17, 15) is 0 Å². The lowest BCUT2D eigenvalue weighted by Crippen LogP contribution is -2.31. The van der Waals surface area contributed by atoms with Crippen molar-refractivity contribution in [3.8, 4) is 11.5 Å². The van der Waals surface area contributed by atoms with Crippen molar-refractivity contribution in [1.29, 1.82) is 0 Å². The van der Waals surface area contributed by atoms with Crippen LogP contribution in [0.25, 0.3) is 0 Å². The average molecular weight is 537 g/mol. The molecule has 0 bridgehead atoms. The number of benzene rings is 1. The van der Waals surface area contributed by atoms with Crippen LogP contribution in [0, 0.1) is 0 Å². The Morgan fingerprint density at radius 3 is 2.65 bits per heavy atom. The molecule has 1 saturated heterocycles. The van der Waals surface area contributed by atoms with Crippen molar-refractivity contribution in [2.75, 3.05) is 43.1 Å². The summed E-state index contributed by atoms with van der Waals surface area (Å²) in [6, 6.07) is 10.1. The van der Waals surface area contributed by atoms with E-state index in [0.29, 0.717) is 19.8 Å². The first-order valence-corrected chi connectivity index (χ1v) is 11.0. The number of halogens is 1. The zero-order chi connectivity index (χ0) is 20.6. The fraction of sp³-hybridized carbons (Fsp3) is 0.478. The van der Waals surface area contributed by atoms with E-state index in [1.807, 2.05) is 30.5 Å². The van der Waals surface area contributed by atoms with E-state index in [-0.39, 0.29) is 24.0 Å². The van der Waals surface area contributed by atoms with Crippen LogP contribution in [0.5, 0.6) is 11.5 Å². The number of nitrogens with zero attached hydrogens (tertiary/aromatic N) is 3. The lowest BCUT2D eigenvalue weighted by atomic mass is 10.1. The number of aromatic nitrogens is 1. The van der Waals surface area contributed by atoms with Crippen molar-refractivity contribution < 1.29 is 9.47 Å². The maximum absolute atomic E-state index is 5.79. The molecule has 3 heterocycles.